The Morgan fingerprint density at radius 3 is 1.64 bits per heavy atom. The predicted octanol–water partition coefficient (Wildman–Crippen LogP) is 8.45. The molecule has 7 heteroatoms. The number of halogens is 5. The number of hydrogen-bond donors (Lipinski definition) is 0. The molecule has 0 fully saturated rings. The smallest absolute Gasteiger partial charge is 0.158 e. The summed E-state index contributed by atoms with van der Waals surface area (Å²) in [7, 11) is -9.34. The van der Waals surface area contributed by atoms with Gasteiger partial charge in [-0.1, -0.05) is 90.2 Å². The van der Waals surface area contributed by atoms with Gasteiger partial charge in [-0.15, -0.1) is 0 Å². The normalized spacial score (nSPS) is 15.9. The minimum atomic E-state index is -9.34. The summed E-state index contributed by atoms with van der Waals surface area (Å²) in [5.74, 6) is 0.712. The van der Waals surface area contributed by atoms with Crippen molar-refractivity contribution in [3.05, 3.63) is 11.5 Å². The molecule has 22 heavy (non-hydrogen) atoms. The first-order valence-corrected chi connectivity index (χ1v) is 11.2. The van der Waals surface area contributed by atoms with E-state index in [-0.39, 0.29) is 5.75 Å². The summed E-state index contributed by atoms with van der Waals surface area (Å²) >= 11 is 1.27. The molecule has 0 nitrogen and oxygen atoms in total. The van der Waals surface area contributed by atoms with Crippen molar-refractivity contribution in [3.63, 3.8) is 0 Å². The quantitative estimate of drug-likeness (QED) is 0.219. The molecule has 0 N–H and O–H groups in total. The van der Waals surface area contributed by atoms with Crippen LogP contribution in [-0.2, 0) is 0 Å². The average Bonchev–Trinajstić information content (AvgIpc) is 2.36. The van der Waals surface area contributed by atoms with Crippen molar-refractivity contribution in [1.29, 1.82) is 0 Å². The standard InChI is InChI=1S/C15H29F5S2/c1-2-3-4-5-6-7-8-9-10-11-13-21-14-12-15-22(16,17,18,19)20/h12,15H,2-11,13-14H2,1H3/b15-12+. The maximum Gasteiger partial charge on any atom is 0.304 e. The molecule has 0 bridgehead atoms. The maximum atomic E-state index is 12.0. The summed E-state index contributed by atoms with van der Waals surface area (Å²) < 4.78 is 59.8. The van der Waals surface area contributed by atoms with Gasteiger partial charge >= 0.3 is 10.2 Å². The molecule has 0 spiro atoms. The number of hydrogen-bond acceptors (Lipinski definition) is 1. The van der Waals surface area contributed by atoms with Crippen LogP contribution in [0.5, 0.6) is 0 Å². The van der Waals surface area contributed by atoms with E-state index < -0.39 is 15.6 Å². The van der Waals surface area contributed by atoms with Gasteiger partial charge < -0.3 is 0 Å². The van der Waals surface area contributed by atoms with Crippen LogP contribution < -0.4 is 0 Å². The van der Waals surface area contributed by atoms with E-state index in [4.69, 9.17) is 0 Å². The van der Waals surface area contributed by atoms with Crippen LogP contribution in [0.3, 0.4) is 0 Å². The summed E-state index contributed by atoms with van der Waals surface area (Å²) in [6, 6.07) is 0. The highest BCUT2D eigenvalue weighted by Crippen LogP contribution is 2.98. The molecule has 0 unspecified atom stereocenters. The molecule has 0 aliphatic heterocycles. The number of unbranched alkanes of at least 4 members (excludes halogenated alkanes) is 9. The van der Waals surface area contributed by atoms with Crippen LogP contribution in [0, 0.1) is 0 Å². The predicted molar refractivity (Wildman–Crippen MR) is 91.4 cm³/mol. The lowest BCUT2D eigenvalue weighted by molar-refractivity contribution is 0.384. The van der Waals surface area contributed by atoms with Crippen LogP contribution in [0.2, 0.25) is 0 Å². The largest absolute Gasteiger partial charge is 0.304 e. The molecule has 0 heterocycles. The van der Waals surface area contributed by atoms with Crippen molar-refractivity contribution in [2.24, 2.45) is 0 Å². The van der Waals surface area contributed by atoms with E-state index >= 15 is 0 Å². The SMILES string of the molecule is CCCCCCCCCCCCSC/C=C/S(F)(F)(F)(F)F. The van der Waals surface area contributed by atoms with Crippen LogP contribution in [0.15, 0.2) is 11.5 Å². The molecule has 0 aromatic heterocycles. The fourth-order valence-electron chi connectivity index (χ4n) is 2.06. The second kappa shape index (κ2) is 9.40. The van der Waals surface area contributed by atoms with Crippen LogP contribution in [-0.4, -0.2) is 11.5 Å². The third-order valence-electron chi connectivity index (χ3n) is 3.21. The second-order valence-corrected chi connectivity index (χ2v) is 9.14. The molecule has 0 aromatic rings. The first-order valence-electron chi connectivity index (χ1n) is 8.03. The van der Waals surface area contributed by atoms with Crippen molar-refractivity contribution < 1.29 is 19.4 Å². The van der Waals surface area contributed by atoms with Gasteiger partial charge in [-0.2, -0.15) is 11.8 Å². The van der Waals surface area contributed by atoms with E-state index in [1.165, 1.54) is 56.7 Å². The lowest BCUT2D eigenvalue weighted by atomic mass is 10.1. The van der Waals surface area contributed by atoms with Gasteiger partial charge in [0.15, 0.2) is 0 Å². The summed E-state index contributed by atoms with van der Waals surface area (Å²) in [6.07, 6.45) is 12.6. The second-order valence-electron chi connectivity index (χ2n) is 5.66. The molecular formula is C15H29F5S2. The number of rotatable bonds is 14. The molecule has 0 saturated heterocycles. The van der Waals surface area contributed by atoms with Gasteiger partial charge in [0.25, 0.3) is 0 Å². The van der Waals surface area contributed by atoms with Crippen LogP contribution in [0.25, 0.3) is 0 Å². The Kier molecular flexibility index (Phi) is 9.44. The third-order valence-corrected chi connectivity index (χ3v) is 4.92. The van der Waals surface area contributed by atoms with Gasteiger partial charge in [0, 0.05) is 5.75 Å². The highest BCUT2D eigenvalue weighted by atomic mass is 32.5. The van der Waals surface area contributed by atoms with E-state index in [0.29, 0.717) is 6.08 Å². The molecule has 0 rings (SSSR count). The van der Waals surface area contributed by atoms with Crippen molar-refractivity contribution >= 4 is 22.0 Å². The highest BCUT2D eigenvalue weighted by Gasteiger charge is 2.60. The highest BCUT2D eigenvalue weighted by molar-refractivity contribution is 8.48. The van der Waals surface area contributed by atoms with E-state index in [2.05, 4.69) is 6.92 Å². The average molecular weight is 369 g/mol. The third kappa shape index (κ3) is 20.1. The molecule has 0 saturated carbocycles. The minimum Gasteiger partial charge on any atom is -0.158 e. The Morgan fingerprint density at radius 1 is 0.727 bits per heavy atom. The molecule has 0 aliphatic rings. The van der Waals surface area contributed by atoms with Crippen molar-refractivity contribution in [3.8, 4) is 0 Å². The molecule has 0 aromatic carbocycles. The minimum absolute atomic E-state index is 0.0109. The van der Waals surface area contributed by atoms with E-state index in [1.807, 2.05) is 0 Å². The fraction of sp³-hybridized carbons (Fsp3) is 0.867. The Balaban J connectivity index is 3.33. The summed E-state index contributed by atoms with van der Waals surface area (Å²) in [5, 5.41) is -0.842. The van der Waals surface area contributed by atoms with Gasteiger partial charge in [0.1, 0.15) is 0 Å². The summed E-state index contributed by atoms with van der Waals surface area (Å²) in [6.45, 7) is 2.20. The zero-order valence-electron chi connectivity index (χ0n) is 13.3. The molecule has 0 atom stereocenters. The van der Waals surface area contributed by atoms with E-state index in [0.717, 1.165) is 25.0 Å². The van der Waals surface area contributed by atoms with Crippen molar-refractivity contribution in [2.45, 2.75) is 71.1 Å². The topological polar surface area (TPSA) is 0 Å². The Morgan fingerprint density at radius 2 is 1.18 bits per heavy atom. The molecule has 0 amide bonds. The van der Waals surface area contributed by atoms with Crippen LogP contribution >= 0.6 is 22.0 Å². The van der Waals surface area contributed by atoms with Crippen LogP contribution in [0.4, 0.5) is 19.4 Å². The zero-order chi connectivity index (χ0) is 17.0. The van der Waals surface area contributed by atoms with Gasteiger partial charge in [-0.25, -0.2) is 0 Å². The van der Waals surface area contributed by atoms with Gasteiger partial charge in [0.05, 0.1) is 5.41 Å². The molecular weight excluding hydrogens is 339 g/mol. The maximum absolute atomic E-state index is 12.0. The van der Waals surface area contributed by atoms with E-state index in [9.17, 15) is 19.4 Å². The first-order chi connectivity index (χ1) is 10.0. The zero-order valence-corrected chi connectivity index (χ0v) is 15.0. The molecule has 136 valence electrons. The van der Waals surface area contributed by atoms with Crippen LogP contribution in [0.1, 0.15) is 71.1 Å². The Bertz CT molecular complexity index is 310. The Hall–Kier alpha value is 0.0900. The lowest BCUT2D eigenvalue weighted by Crippen LogP contribution is -1.99. The van der Waals surface area contributed by atoms with E-state index in [1.54, 1.807) is 0 Å². The molecule has 0 aliphatic carbocycles. The Labute approximate surface area is 136 Å². The van der Waals surface area contributed by atoms with Crippen molar-refractivity contribution in [1.82, 2.24) is 0 Å². The van der Waals surface area contributed by atoms with Crippen molar-refractivity contribution in [2.75, 3.05) is 11.5 Å². The summed E-state index contributed by atoms with van der Waals surface area (Å²) in [5.41, 5.74) is 0. The van der Waals surface area contributed by atoms with Gasteiger partial charge in [-0.3, -0.25) is 0 Å². The molecule has 0 radical (unpaired) electrons. The monoisotopic (exact) mass is 368 g/mol. The number of thioether (sulfide) groups is 1. The van der Waals surface area contributed by atoms with Gasteiger partial charge in [-0.05, 0) is 12.2 Å². The van der Waals surface area contributed by atoms with Gasteiger partial charge in [0.2, 0.25) is 0 Å². The lowest BCUT2D eigenvalue weighted by Gasteiger charge is -2.36. The summed E-state index contributed by atoms with van der Waals surface area (Å²) in [4.78, 5) is 0. The fourth-order valence-corrected chi connectivity index (χ4v) is 3.45. The first kappa shape index (κ1) is 22.1.